The fourth-order valence-corrected chi connectivity index (χ4v) is 4.96. The first-order valence-corrected chi connectivity index (χ1v) is 12.3. The predicted octanol–water partition coefficient (Wildman–Crippen LogP) is 3.96. The largest absolute Gasteiger partial charge is 0.454 e. The SMILES string of the molecule is Cc1cc(C(=O)COC(=O)c2cccc(S(=O)(=O)NCc3ccccc3)c2)c(C)n1C1CC1. The second-order valence-corrected chi connectivity index (χ2v) is 9.99. The van der Waals surface area contributed by atoms with E-state index in [9.17, 15) is 18.0 Å². The van der Waals surface area contributed by atoms with Crippen LogP contribution in [0.3, 0.4) is 0 Å². The Hall–Kier alpha value is -3.23. The Morgan fingerprint density at radius 2 is 1.76 bits per heavy atom. The molecule has 0 unspecified atom stereocenters. The standard InChI is InChI=1S/C25H26N2O5S/c1-17-13-23(18(2)27(17)21-11-12-21)24(28)16-32-25(29)20-9-6-10-22(14-20)33(30,31)26-15-19-7-4-3-5-8-19/h3-10,13-14,21,26H,11-12,15-16H2,1-2H3. The number of ketones is 1. The highest BCUT2D eigenvalue weighted by atomic mass is 32.2. The Bertz CT molecular complexity index is 1290. The molecule has 0 atom stereocenters. The number of aryl methyl sites for hydroxylation is 1. The molecule has 1 aromatic heterocycles. The van der Waals surface area contributed by atoms with Crippen LogP contribution in [-0.2, 0) is 21.3 Å². The van der Waals surface area contributed by atoms with E-state index in [0.29, 0.717) is 11.6 Å². The van der Waals surface area contributed by atoms with E-state index in [0.717, 1.165) is 29.8 Å². The quantitative estimate of drug-likeness (QED) is 0.381. The van der Waals surface area contributed by atoms with Gasteiger partial charge in [-0.05, 0) is 56.5 Å². The summed E-state index contributed by atoms with van der Waals surface area (Å²) in [5.74, 6) is -1.03. The molecule has 2 aromatic carbocycles. The van der Waals surface area contributed by atoms with E-state index in [1.807, 2.05) is 50.2 Å². The van der Waals surface area contributed by atoms with Gasteiger partial charge in [0.2, 0.25) is 15.8 Å². The molecule has 0 spiro atoms. The van der Waals surface area contributed by atoms with Gasteiger partial charge in [-0.25, -0.2) is 17.9 Å². The smallest absolute Gasteiger partial charge is 0.338 e. The fourth-order valence-electron chi connectivity index (χ4n) is 3.89. The van der Waals surface area contributed by atoms with Crippen molar-refractivity contribution in [2.75, 3.05) is 6.61 Å². The Balaban J connectivity index is 1.40. The van der Waals surface area contributed by atoms with E-state index in [2.05, 4.69) is 9.29 Å². The van der Waals surface area contributed by atoms with Crippen LogP contribution in [0.1, 0.15) is 56.6 Å². The summed E-state index contributed by atoms with van der Waals surface area (Å²) in [6, 6.07) is 17.0. The van der Waals surface area contributed by atoms with Crippen LogP contribution in [0, 0.1) is 13.8 Å². The highest BCUT2D eigenvalue weighted by Gasteiger charge is 2.28. The number of Topliss-reactive ketones (excluding diaryl/α,β-unsaturated/α-hetero) is 1. The summed E-state index contributed by atoms with van der Waals surface area (Å²) >= 11 is 0. The lowest BCUT2D eigenvalue weighted by molar-refractivity contribution is 0.0474. The number of sulfonamides is 1. The number of esters is 1. The first kappa shape index (κ1) is 22.9. The predicted molar refractivity (Wildman–Crippen MR) is 124 cm³/mol. The van der Waals surface area contributed by atoms with Crippen molar-refractivity contribution in [1.82, 2.24) is 9.29 Å². The molecule has 4 rings (SSSR count). The molecule has 0 saturated heterocycles. The zero-order chi connectivity index (χ0) is 23.6. The van der Waals surface area contributed by atoms with E-state index < -0.39 is 22.6 Å². The third kappa shape index (κ3) is 5.23. The van der Waals surface area contributed by atoms with E-state index >= 15 is 0 Å². The van der Waals surface area contributed by atoms with Crippen molar-refractivity contribution in [3.63, 3.8) is 0 Å². The molecule has 1 heterocycles. The van der Waals surface area contributed by atoms with Gasteiger partial charge in [-0.2, -0.15) is 0 Å². The van der Waals surface area contributed by atoms with E-state index in [1.165, 1.54) is 24.3 Å². The van der Waals surface area contributed by atoms with Crippen molar-refractivity contribution in [2.24, 2.45) is 0 Å². The molecule has 0 radical (unpaired) electrons. The molecule has 7 nitrogen and oxygen atoms in total. The summed E-state index contributed by atoms with van der Waals surface area (Å²) in [5, 5.41) is 0. The maximum atomic E-state index is 12.7. The maximum Gasteiger partial charge on any atom is 0.338 e. The van der Waals surface area contributed by atoms with Crippen molar-refractivity contribution in [1.29, 1.82) is 0 Å². The van der Waals surface area contributed by atoms with Crippen molar-refractivity contribution >= 4 is 21.8 Å². The molecule has 0 amide bonds. The Morgan fingerprint density at radius 3 is 2.45 bits per heavy atom. The minimum atomic E-state index is -3.83. The molecule has 1 aliphatic carbocycles. The van der Waals surface area contributed by atoms with Gasteiger partial charge in [-0.15, -0.1) is 0 Å². The number of carbonyl (C=O) groups excluding carboxylic acids is 2. The Morgan fingerprint density at radius 1 is 1.03 bits per heavy atom. The highest BCUT2D eigenvalue weighted by Crippen LogP contribution is 2.38. The van der Waals surface area contributed by atoms with E-state index in [-0.39, 0.29) is 22.8 Å². The summed E-state index contributed by atoms with van der Waals surface area (Å²) in [5.41, 5.74) is 3.33. The van der Waals surface area contributed by atoms with Crippen LogP contribution in [0.5, 0.6) is 0 Å². The molecule has 0 bridgehead atoms. The molecule has 8 heteroatoms. The topological polar surface area (TPSA) is 94.5 Å². The van der Waals surface area contributed by atoms with E-state index in [4.69, 9.17) is 4.74 Å². The number of ether oxygens (including phenoxy) is 1. The van der Waals surface area contributed by atoms with Crippen molar-refractivity contribution in [3.8, 4) is 0 Å². The number of benzene rings is 2. The maximum absolute atomic E-state index is 12.7. The summed E-state index contributed by atoms with van der Waals surface area (Å²) in [4.78, 5) is 25.1. The number of aromatic nitrogens is 1. The van der Waals surface area contributed by atoms with Crippen molar-refractivity contribution in [3.05, 3.63) is 88.7 Å². The van der Waals surface area contributed by atoms with Gasteiger partial charge in [-0.1, -0.05) is 36.4 Å². The lowest BCUT2D eigenvalue weighted by Gasteiger charge is -2.09. The molecule has 172 valence electrons. The normalized spacial score (nSPS) is 13.6. The number of carbonyl (C=O) groups is 2. The fraction of sp³-hybridized carbons (Fsp3) is 0.280. The van der Waals surface area contributed by atoms with Crippen molar-refractivity contribution < 1.29 is 22.7 Å². The molecule has 1 saturated carbocycles. The number of nitrogens with one attached hydrogen (secondary N) is 1. The van der Waals surface area contributed by atoms with Crippen LogP contribution in [0.4, 0.5) is 0 Å². The van der Waals surface area contributed by atoms with Gasteiger partial charge in [0.25, 0.3) is 0 Å². The van der Waals surface area contributed by atoms with Crippen LogP contribution < -0.4 is 4.72 Å². The molecule has 1 aliphatic rings. The second-order valence-electron chi connectivity index (χ2n) is 8.22. The van der Waals surface area contributed by atoms with Gasteiger partial charge in [0.15, 0.2) is 6.61 Å². The van der Waals surface area contributed by atoms with Gasteiger partial charge >= 0.3 is 5.97 Å². The van der Waals surface area contributed by atoms with E-state index in [1.54, 1.807) is 0 Å². The average Bonchev–Trinajstić information content (AvgIpc) is 3.60. The third-order valence-electron chi connectivity index (χ3n) is 5.72. The summed E-state index contributed by atoms with van der Waals surface area (Å²) in [6.45, 7) is 3.59. The summed E-state index contributed by atoms with van der Waals surface area (Å²) in [6.07, 6.45) is 2.22. The van der Waals surface area contributed by atoms with Gasteiger partial charge < -0.3 is 9.30 Å². The van der Waals surface area contributed by atoms with Gasteiger partial charge in [0, 0.05) is 29.5 Å². The molecule has 1 N–H and O–H groups in total. The number of hydrogen-bond acceptors (Lipinski definition) is 5. The third-order valence-corrected chi connectivity index (χ3v) is 7.12. The number of nitrogens with zero attached hydrogens (tertiary/aromatic N) is 1. The molecular weight excluding hydrogens is 440 g/mol. The molecule has 1 fully saturated rings. The molecule has 33 heavy (non-hydrogen) atoms. The van der Waals surface area contributed by atoms with Gasteiger partial charge in [0.1, 0.15) is 0 Å². The zero-order valence-electron chi connectivity index (χ0n) is 18.6. The number of rotatable bonds is 9. The minimum Gasteiger partial charge on any atom is -0.454 e. The molecule has 3 aromatic rings. The van der Waals surface area contributed by atoms with Crippen LogP contribution in [0.15, 0.2) is 65.6 Å². The molecular formula is C25H26N2O5S. The first-order chi connectivity index (χ1) is 15.8. The average molecular weight is 467 g/mol. The van der Waals surface area contributed by atoms with Gasteiger partial charge in [0.05, 0.1) is 10.5 Å². The Labute approximate surface area is 193 Å². The first-order valence-electron chi connectivity index (χ1n) is 10.8. The molecule has 0 aliphatic heterocycles. The monoisotopic (exact) mass is 466 g/mol. The summed E-state index contributed by atoms with van der Waals surface area (Å²) < 4.78 is 35.2. The van der Waals surface area contributed by atoms with Crippen LogP contribution in [0.25, 0.3) is 0 Å². The van der Waals surface area contributed by atoms with Crippen LogP contribution in [-0.4, -0.2) is 31.3 Å². The highest BCUT2D eigenvalue weighted by molar-refractivity contribution is 7.89. The second kappa shape index (κ2) is 9.33. The lowest BCUT2D eigenvalue weighted by Crippen LogP contribution is -2.23. The van der Waals surface area contributed by atoms with Crippen LogP contribution in [0.2, 0.25) is 0 Å². The zero-order valence-corrected chi connectivity index (χ0v) is 19.4. The number of hydrogen-bond donors (Lipinski definition) is 1. The minimum absolute atomic E-state index is 0.0489. The van der Waals surface area contributed by atoms with Crippen LogP contribution >= 0.6 is 0 Å². The Kier molecular flexibility index (Phi) is 6.49. The lowest BCUT2D eigenvalue weighted by atomic mass is 10.1. The van der Waals surface area contributed by atoms with Gasteiger partial charge in [-0.3, -0.25) is 4.79 Å². The van der Waals surface area contributed by atoms with Crippen molar-refractivity contribution in [2.45, 2.75) is 44.2 Å². The summed E-state index contributed by atoms with van der Waals surface area (Å²) in [7, 11) is -3.83.